The maximum atomic E-state index is 13.4. The Labute approximate surface area is 231 Å². The molecule has 2 aromatic rings. The van der Waals surface area contributed by atoms with Gasteiger partial charge in [-0.2, -0.15) is 8.78 Å². The maximum Gasteiger partial charge on any atom is 0.388 e. The van der Waals surface area contributed by atoms with Gasteiger partial charge in [-0.3, -0.25) is 9.69 Å². The fourth-order valence-corrected chi connectivity index (χ4v) is 3.91. The number of likely N-dealkylation sites (tertiary alicyclic amines) is 1. The SMILES string of the molecule is CC.CC(C)(C)OC=O.Cc1ccc(NC(=O)N(c2ccccc2C(C)C)C2CCN(C)C2)c(OC(F)F)n1. The summed E-state index contributed by atoms with van der Waals surface area (Å²) in [5.41, 5.74) is 2.18. The van der Waals surface area contributed by atoms with Crippen molar-refractivity contribution in [2.24, 2.45) is 0 Å². The number of ether oxygens (including phenoxy) is 2. The van der Waals surface area contributed by atoms with Crippen molar-refractivity contribution in [3.05, 3.63) is 47.7 Å². The fraction of sp³-hybridized carbons (Fsp3) is 0.552. The Morgan fingerprint density at radius 3 is 2.31 bits per heavy atom. The van der Waals surface area contributed by atoms with Crippen LogP contribution in [0.2, 0.25) is 0 Å². The number of anilines is 2. The van der Waals surface area contributed by atoms with E-state index in [0.717, 1.165) is 30.8 Å². The van der Waals surface area contributed by atoms with Gasteiger partial charge in [-0.25, -0.2) is 9.78 Å². The number of aryl methyl sites for hydroxylation is 1. The number of benzene rings is 1. The average Bonchev–Trinajstić information content (AvgIpc) is 3.27. The lowest BCUT2D eigenvalue weighted by Crippen LogP contribution is -2.45. The fourth-order valence-electron chi connectivity index (χ4n) is 3.91. The van der Waals surface area contributed by atoms with Gasteiger partial charge in [0.1, 0.15) is 11.3 Å². The van der Waals surface area contributed by atoms with Crippen LogP contribution in [0.3, 0.4) is 0 Å². The first-order chi connectivity index (χ1) is 18.3. The number of nitrogens with one attached hydrogen (secondary N) is 1. The Morgan fingerprint density at radius 2 is 1.82 bits per heavy atom. The smallest absolute Gasteiger partial charge is 0.388 e. The van der Waals surface area contributed by atoms with Crippen LogP contribution < -0.4 is 15.0 Å². The third-order valence-electron chi connectivity index (χ3n) is 5.61. The van der Waals surface area contributed by atoms with Gasteiger partial charge >= 0.3 is 12.6 Å². The first-order valence-corrected chi connectivity index (χ1v) is 13.2. The number of para-hydroxylation sites is 1. The molecule has 1 unspecified atom stereocenters. The third-order valence-corrected chi connectivity index (χ3v) is 5.61. The van der Waals surface area contributed by atoms with Crippen molar-refractivity contribution in [1.82, 2.24) is 9.88 Å². The Morgan fingerprint density at radius 1 is 1.18 bits per heavy atom. The van der Waals surface area contributed by atoms with Crippen molar-refractivity contribution < 1.29 is 27.8 Å². The van der Waals surface area contributed by atoms with Crippen LogP contribution in [0.1, 0.15) is 72.1 Å². The van der Waals surface area contributed by atoms with Crippen LogP contribution >= 0.6 is 0 Å². The van der Waals surface area contributed by atoms with Crippen molar-refractivity contribution in [1.29, 1.82) is 0 Å². The highest BCUT2D eigenvalue weighted by Crippen LogP contribution is 2.32. The molecule has 1 N–H and O–H groups in total. The zero-order valence-electron chi connectivity index (χ0n) is 24.6. The summed E-state index contributed by atoms with van der Waals surface area (Å²) in [6, 6.07) is 10.5. The first kappa shape index (κ1) is 33.8. The van der Waals surface area contributed by atoms with E-state index < -0.39 is 12.6 Å². The van der Waals surface area contributed by atoms with Gasteiger partial charge in [-0.1, -0.05) is 45.9 Å². The molecule has 0 radical (unpaired) electrons. The number of urea groups is 1. The van der Waals surface area contributed by atoms with Gasteiger partial charge in [0.2, 0.25) is 5.88 Å². The summed E-state index contributed by atoms with van der Waals surface area (Å²) < 4.78 is 34.7. The van der Waals surface area contributed by atoms with Gasteiger partial charge in [0.15, 0.2) is 0 Å². The number of hydrogen-bond acceptors (Lipinski definition) is 6. The van der Waals surface area contributed by atoms with Gasteiger partial charge in [0.05, 0.1) is 6.04 Å². The average molecular weight is 551 g/mol. The number of halogens is 2. The molecule has 8 nitrogen and oxygen atoms in total. The summed E-state index contributed by atoms with van der Waals surface area (Å²) >= 11 is 0. The topological polar surface area (TPSA) is 84.0 Å². The minimum Gasteiger partial charge on any atom is -0.462 e. The Bertz CT molecular complexity index is 1040. The van der Waals surface area contributed by atoms with Crippen molar-refractivity contribution in [2.45, 2.75) is 86.0 Å². The zero-order chi connectivity index (χ0) is 29.8. The quantitative estimate of drug-likeness (QED) is 0.380. The summed E-state index contributed by atoms with van der Waals surface area (Å²) in [6.07, 6.45) is 0.822. The number of likely N-dealkylation sites (N-methyl/N-ethyl adjacent to an activating group) is 1. The molecule has 1 aromatic heterocycles. The molecule has 0 aliphatic carbocycles. The molecule has 0 saturated carbocycles. The van der Waals surface area contributed by atoms with E-state index in [0.29, 0.717) is 12.2 Å². The summed E-state index contributed by atoms with van der Waals surface area (Å²) in [4.78, 5) is 30.9. The molecule has 1 atom stereocenters. The van der Waals surface area contributed by atoms with Crippen LogP contribution in [0.5, 0.6) is 5.88 Å². The van der Waals surface area contributed by atoms with E-state index in [9.17, 15) is 18.4 Å². The number of hydrogen-bond donors (Lipinski definition) is 1. The molecule has 1 fully saturated rings. The Kier molecular flexibility index (Phi) is 13.8. The lowest BCUT2D eigenvalue weighted by atomic mass is 9.99. The molecule has 218 valence electrons. The molecule has 2 heterocycles. The highest BCUT2D eigenvalue weighted by molar-refractivity contribution is 6.03. The predicted octanol–water partition coefficient (Wildman–Crippen LogP) is 6.84. The highest BCUT2D eigenvalue weighted by Gasteiger charge is 2.32. The van der Waals surface area contributed by atoms with Gasteiger partial charge in [-0.05, 0) is 77.4 Å². The van der Waals surface area contributed by atoms with E-state index in [1.807, 2.05) is 65.9 Å². The van der Waals surface area contributed by atoms with Crippen molar-refractivity contribution in [3.8, 4) is 5.88 Å². The highest BCUT2D eigenvalue weighted by atomic mass is 19.3. The molecular weight excluding hydrogens is 506 g/mol. The van der Waals surface area contributed by atoms with Gasteiger partial charge in [0.25, 0.3) is 6.47 Å². The van der Waals surface area contributed by atoms with E-state index in [2.05, 4.69) is 38.5 Å². The molecule has 1 aromatic carbocycles. The second-order valence-electron chi connectivity index (χ2n) is 10.2. The minimum atomic E-state index is -3.03. The summed E-state index contributed by atoms with van der Waals surface area (Å²) in [6.45, 7) is 14.3. The van der Waals surface area contributed by atoms with Gasteiger partial charge < -0.3 is 19.7 Å². The minimum absolute atomic E-state index is 0.0345. The molecule has 3 rings (SSSR count). The van der Waals surface area contributed by atoms with Crippen molar-refractivity contribution in [3.63, 3.8) is 0 Å². The lowest BCUT2D eigenvalue weighted by Gasteiger charge is -2.32. The third kappa shape index (κ3) is 11.2. The number of carbonyl (C=O) groups is 2. The van der Waals surface area contributed by atoms with Gasteiger partial charge in [0, 0.05) is 17.9 Å². The maximum absolute atomic E-state index is 13.4. The molecule has 10 heteroatoms. The van der Waals surface area contributed by atoms with E-state index >= 15 is 0 Å². The molecule has 1 saturated heterocycles. The van der Waals surface area contributed by atoms with Crippen LogP contribution in [-0.4, -0.2) is 60.8 Å². The summed E-state index contributed by atoms with van der Waals surface area (Å²) in [7, 11) is 2.02. The van der Waals surface area contributed by atoms with Crippen molar-refractivity contribution in [2.75, 3.05) is 30.4 Å². The zero-order valence-corrected chi connectivity index (χ0v) is 24.6. The standard InChI is InChI=1S/C22H28F2N4O2.C5H10O2.C2H6/c1-14(2)17-7-5-6-8-19(17)28(16-11-12-27(4)13-16)22(29)26-18-10-9-15(3)25-20(18)30-21(23)24;1-5(2,3)7-4-6;1-2/h5-10,14,16,21H,11-13H2,1-4H3,(H,26,29);4H,1-3H3;1-2H3. The van der Waals surface area contributed by atoms with Crippen LogP contribution in [0.4, 0.5) is 25.0 Å². The Balaban J connectivity index is 0.000000735. The second-order valence-corrected chi connectivity index (χ2v) is 10.2. The lowest BCUT2D eigenvalue weighted by molar-refractivity contribution is -0.138. The number of rotatable bonds is 7. The molecule has 0 bridgehead atoms. The van der Waals surface area contributed by atoms with Crippen LogP contribution in [-0.2, 0) is 9.53 Å². The molecular formula is C29H44F2N4O4. The van der Waals surface area contributed by atoms with Crippen LogP contribution in [0.25, 0.3) is 0 Å². The molecule has 1 aliphatic heterocycles. The number of amides is 2. The number of aromatic nitrogens is 1. The Hall–Kier alpha value is -3.27. The predicted molar refractivity (Wildman–Crippen MR) is 152 cm³/mol. The van der Waals surface area contributed by atoms with Crippen LogP contribution in [0, 0.1) is 6.92 Å². The van der Waals surface area contributed by atoms with E-state index in [1.54, 1.807) is 17.9 Å². The summed E-state index contributed by atoms with van der Waals surface area (Å²) in [5, 5.41) is 2.75. The van der Waals surface area contributed by atoms with Crippen LogP contribution in [0.15, 0.2) is 36.4 Å². The van der Waals surface area contributed by atoms with Crippen molar-refractivity contribution >= 4 is 23.9 Å². The number of pyridine rings is 1. The van der Waals surface area contributed by atoms with E-state index in [4.69, 9.17) is 0 Å². The molecule has 2 amide bonds. The summed E-state index contributed by atoms with van der Waals surface area (Å²) in [5.74, 6) is -0.0756. The number of nitrogens with zero attached hydrogens (tertiary/aromatic N) is 3. The monoisotopic (exact) mass is 550 g/mol. The first-order valence-electron chi connectivity index (χ1n) is 13.2. The molecule has 0 spiro atoms. The normalized spacial score (nSPS) is 15.1. The van der Waals surface area contributed by atoms with E-state index in [-0.39, 0.29) is 29.1 Å². The van der Waals surface area contributed by atoms with Gasteiger partial charge in [-0.15, -0.1) is 0 Å². The number of alkyl halides is 2. The molecule has 1 aliphatic rings. The van der Waals surface area contributed by atoms with E-state index in [1.165, 1.54) is 6.07 Å². The largest absolute Gasteiger partial charge is 0.462 e. The number of carbonyl (C=O) groups excluding carboxylic acids is 2. The second kappa shape index (κ2) is 16.0. The molecule has 39 heavy (non-hydrogen) atoms.